The van der Waals surface area contributed by atoms with Gasteiger partial charge in [0.15, 0.2) is 11.5 Å². The van der Waals surface area contributed by atoms with Crippen molar-refractivity contribution in [3.8, 4) is 5.69 Å². The Morgan fingerprint density at radius 2 is 2.07 bits per heavy atom. The van der Waals surface area contributed by atoms with Gasteiger partial charge in [0.25, 0.3) is 5.91 Å². The molecule has 0 N–H and O–H groups in total. The second kappa shape index (κ2) is 6.86. The molecule has 8 nitrogen and oxygen atoms in total. The molecule has 0 unspecified atom stereocenters. The van der Waals surface area contributed by atoms with Crippen molar-refractivity contribution in [3.05, 3.63) is 59.3 Å². The summed E-state index contributed by atoms with van der Waals surface area (Å²) >= 11 is 0. The topological polar surface area (TPSA) is 80.0 Å². The molecule has 3 aromatic heterocycles. The summed E-state index contributed by atoms with van der Waals surface area (Å²) in [6, 6.07) is 5.72. The number of nitrogens with zero attached hydrogens (tertiary/aromatic N) is 7. The Morgan fingerprint density at radius 3 is 2.77 bits per heavy atom. The number of fused-ring (bicyclic) bond motifs is 1. The number of hydrogen-bond donors (Lipinski definition) is 0. The van der Waals surface area contributed by atoms with Gasteiger partial charge in [-0.3, -0.25) is 9.78 Å². The number of rotatable bonds is 3. The highest BCUT2D eigenvalue weighted by Gasteiger charge is 2.42. The molecule has 1 fully saturated rings. The fourth-order valence-corrected chi connectivity index (χ4v) is 4.09. The van der Waals surface area contributed by atoms with Crippen molar-refractivity contribution in [3.63, 3.8) is 0 Å². The van der Waals surface area contributed by atoms with Gasteiger partial charge in [-0.1, -0.05) is 0 Å². The van der Waals surface area contributed by atoms with Crippen LogP contribution in [0.1, 0.15) is 34.2 Å². The molecule has 2 aliphatic heterocycles. The van der Waals surface area contributed by atoms with Crippen molar-refractivity contribution in [2.45, 2.75) is 32.5 Å². The van der Waals surface area contributed by atoms with E-state index in [1.54, 1.807) is 16.9 Å². The molecule has 0 aromatic carbocycles. The van der Waals surface area contributed by atoms with E-state index in [0.29, 0.717) is 6.54 Å². The third-order valence-electron chi connectivity index (χ3n) is 5.60. The van der Waals surface area contributed by atoms with Crippen LogP contribution >= 0.6 is 0 Å². The number of alkyl halides is 1. The Morgan fingerprint density at radius 1 is 1.23 bits per heavy atom. The van der Waals surface area contributed by atoms with Gasteiger partial charge in [-0.2, -0.15) is 5.10 Å². The quantitative estimate of drug-likeness (QED) is 0.662. The molecule has 3 aromatic rings. The standard InChI is InChI=1S/C21H22FN7O/c1-14-8-18(20(30)28-12-21(2,22)13-28)25-26-19(14)27-7-4-17-15(11-27)9-16(10-23-17)29-6-3-5-24-29/h3,5-6,8-10H,4,7,11-13H2,1-2H3. The maximum Gasteiger partial charge on any atom is 0.274 e. The van der Waals surface area contributed by atoms with E-state index in [9.17, 15) is 9.18 Å². The lowest BCUT2D eigenvalue weighted by atomic mass is 9.98. The highest BCUT2D eigenvalue weighted by atomic mass is 19.1. The number of hydrogen-bond acceptors (Lipinski definition) is 6. The van der Waals surface area contributed by atoms with E-state index in [0.717, 1.165) is 41.3 Å². The Labute approximate surface area is 173 Å². The first-order valence-corrected chi connectivity index (χ1v) is 9.95. The summed E-state index contributed by atoms with van der Waals surface area (Å²) < 4.78 is 15.5. The van der Waals surface area contributed by atoms with Crippen LogP contribution in [0.3, 0.4) is 0 Å². The summed E-state index contributed by atoms with van der Waals surface area (Å²) in [5.41, 5.74) is 2.94. The van der Waals surface area contributed by atoms with Crippen LogP contribution in [0.5, 0.6) is 0 Å². The van der Waals surface area contributed by atoms with E-state index in [2.05, 4.69) is 31.2 Å². The zero-order valence-corrected chi connectivity index (χ0v) is 16.9. The van der Waals surface area contributed by atoms with Gasteiger partial charge in [0.2, 0.25) is 0 Å². The van der Waals surface area contributed by atoms with Gasteiger partial charge in [0.1, 0.15) is 5.67 Å². The first-order chi connectivity index (χ1) is 14.4. The van der Waals surface area contributed by atoms with Crippen molar-refractivity contribution in [1.82, 2.24) is 29.9 Å². The molecule has 5 rings (SSSR count). The number of likely N-dealkylation sites (tertiary alicyclic amines) is 1. The number of halogens is 1. The Balaban J connectivity index is 1.35. The second-order valence-corrected chi connectivity index (χ2v) is 8.23. The smallest absolute Gasteiger partial charge is 0.274 e. The minimum atomic E-state index is -1.30. The number of pyridine rings is 1. The molecule has 1 amide bonds. The molecule has 154 valence electrons. The zero-order valence-electron chi connectivity index (χ0n) is 16.9. The highest BCUT2D eigenvalue weighted by molar-refractivity contribution is 5.93. The predicted molar refractivity (Wildman–Crippen MR) is 108 cm³/mol. The van der Waals surface area contributed by atoms with Gasteiger partial charge in [-0.15, -0.1) is 10.2 Å². The van der Waals surface area contributed by atoms with Gasteiger partial charge in [0, 0.05) is 37.6 Å². The number of aromatic nitrogens is 5. The van der Waals surface area contributed by atoms with Gasteiger partial charge in [0.05, 0.1) is 25.0 Å². The van der Waals surface area contributed by atoms with Crippen molar-refractivity contribution in [2.75, 3.05) is 24.5 Å². The van der Waals surface area contributed by atoms with Crippen molar-refractivity contribution >= 4 is 11.7 Å². The lowest BCUT2D eigenvalue weighted by molar-refractivity contribution is -0.00830. The summed E-state index contributed by atoms with van der Waals surface area (Å²) in [6.07, 6.45) is 6.27. The van der Waals surface area contributed by atoms with Crippen molar-refractivity contribution in [1.29, 1.82) is 0 Å². The van der Waals surface area contributed by atoms with E-state index in [1.165, 1.54) is 11.8 Å². The summed E-state index contributed by atoms with van der Waals surface area (Å²) in [7, 11) is 0. The van der Waals surface area contributed by atoms with Crippen LogP contribution in [0.2, 0.25) is 0 Å². The van der Waals surface area contributed by atoms with Crippen molar-refractivity contribution in [2.24, 2.45) is 0 Å². The van der Waals surface area contributed by atoms with E-state index >= 15 is 0 Å². The van der Waals surface area contributed by atoms with Crippen LogP contribution in [0.25, 0.3) is 5.69 Å². The molecule has 0 radical (unpaired) electrons. The molecule has 0 bridgehead atoms. The summed E-state index contributed by atoms with van der Waals surface area (Å²) in [6.45, 7) is 5.05. The first-order valence-electron chi connectivity index (χ1n) is 9.95. The Kier molecular flexibility index (Phi) is 4.27. The van der Waals surface area contributed by atoms with E-state index in [1.807, 2.05) is 25.4 Å². The van der Waals surface area contributed by atoms with Crippen LogP contribution in [0, 0.1) is 6.92 Å². The fraction of sp³-hybridized carbons (Fsp3) is 0.381. The molecule has 0 spiro atoms. The minimum absolute atomic E-state index is 0.100. The maximum absolute atomic E-state index is 13.7. The van der Waals surface area contributed by atoms with Crippen LogP contribution in [-0.2, 0) is 13.0 Å². The molecular formula is C21H22FN7O. The summed E-state index contributed by atoms with van der Waals surface area (Å²) in [5, 5.41) is 12.8. The maximum atomic E-state index is 13.7. The molecule has 30 heavy (non-hydrogen) atoms. The zero-order chi connectivity index (χ0) is 20.9. The monoisotopic (exact) mass is 407 g/mol. The highest BCUT2D eigenvalue weighted by Crippen LogP contribution is 2.28. The van der Waals surface area contributed by atoms with E-state index < -0.39 is 5.67 Å². The van der Waals surface area contributed by atoms with Gasteiger partial charge >= 0.3 is 0 Å². The average molecular weight is 407 g/mol. The molecule has 0 atom stereocenters. The van der Waals surface area contributed by atoms with Crippen LogP contribution < -0.4 is 4.90 Å². The number of amides is 1. The molecule has 2 aliphatic rings. The van der Waals surface area contributed by atoms with E-state index in [-0.39, 0.29) is 24.7 Å². The van der Waals surface area contributed by atoms with E-state index in [4.69, 9.17) is 0 Å². The summed E-state index contributed by atoms with van der Waals surface area (Å²) in [5.74, 6) is 0.477. The molecular weight excluding hydrogens is 385 g/mol. The molecule has 0 aliphatic carbocycles. The Bertz CT molecular complexity index is 1100. The Hall–Kier alpha value is -3.36. The largest absolute Gasteiger partial charge is 0.350 e. The third kappa shape index (κ3) is 3.30. The molecule has 1 saturated heterocycles. The number of anilines is 1. The first kappa shape index (κ1) is 18.7. The second-order valence-electron chi connectivity index (χ2n) is 8.23. The van der Waals surface area contributed by atoms with Gasteiger partial charge in [-0.05, 0) is 43.2 Å². The molecule has 0 saturated carbocycles. The average Bonchev–Trinajstić information content (AvgIpc) is 3.25. The predicted octanol–water partition coefficient (Wildman–Crippen LogP) is 2.11. The third-order valence-corrected chi connectivity index (χ3v) is 5.60. The van der Waals surface area contributed by atoms with Crippen LogP contribution in [-0.4, -0.2) is 61.1 Å². The van der Waals surface area contributed by atoms with Gasteiger partial charge < -0.3 is 9.80 Å². The fourth-order valence-electron chi connectivity index (χ4n) is 4.09. The SMILES string of the molecule is Cc1cc(C(=O)N2CC(C)(F)C2)nnc1N1CCc2ncc(-n3cccn3)cc2C1. The summed E-state index contributed by atoms with van der Waals surface area (Å²) in [4.78, 5) is 20.7. The number of carbonyl (C=O) groups is 1. The minimum Gasteiger partial charge on any atom is -0.350 e. The van der Waals surface area contributed by atoms with Crippen molar-refractivity contribution < 1.29 is 9.18 Å². The van der Waals surface area contributed by atoms with Gasteiger partial charge in [-0.25, -0.2) is 9.07 Å². The molecule has 5 heterocycles. The number of aryl methyl sites for hydroxylation is 1. The lowest BCUT2D eigenvalue weighted by Crippen LogP contribution is -2.59. The lowest BCUT2D eigenvalue weighted by Gasteiger charge is -2.41. The number of carbonyl (C=O) groups excluding carboxylic acids is 1. The van der Waals surface area contributed by atoms with Crippen LogP contribution in [0.15, 0.2) is 36.8 Å². The molecule has 9 heteroatoms. The normalized spacial score (nSPS) is 17.4. The van der Waals surface area contributed by atoms with Crippen LogP contribution in [0.4, 0.5) is 10.2 Å².